The van der Waals surface area contributed by atoms with Crippen molar-refractivity contribution in [2.75, 3.05) is 33.8 Å². The fraction of sp³-hybridized carbons (Fsp3) is 0.632. The highest BCUT2D eigenvalue weighted by Gasteiger charge is 2.50. The maximum atomic E-state index is 13.1. The number of rotatable bonds is 5. The van der Waals surface area contributed by atoms with Gasteiger partial charge in [-0.25, -0.2) is 0 Å². The summed E-state index contributed by atoms with van der Waals surface area (Å²) in [5, 5.41) is 3.47. The van der Waals surface area contributed by atoms with Crippen LogP contribution < -0.4 is 10.1 Å². The van der Waals surface area contributed by atoms with Crippen LogP contribution in [-0.2, 0) is 11.2 Å². The van der Waals surface area contributed by atoms with Crippen molar-refractivity contribution in [1.29, 1.82) is 0 Å². The quantitative estimate of drug-likeness (QED) is 0.907. The molecule has 1 aliphatic carbocycles. The number of hydrogen-bond donors (Lipinski definition) is 1. The second kappa shape index (κ2) is 6.91. The molecule has 1 aromatic rings. The van der Waals surface area contributed by atoms with Crippen molar-refractivity contribution in [2.24, 2.45) is 11.3 Å². The Morgan fingerprint density at radius 2 is 2.22 bits per heavy atom. The van der Waals surface area contributed by atoms with Crippen molar-refractivity contribution in [3.8, 4) is 5.75 Å². The first-order valence-electron chi connectivity index (χ1n) is 8.75. The maximum Gasteiger partial charge on any atom is 0.230 e. The number of nitrogens with zero attached hydrogens (tertiary/aromatic N) is 1. The molecule has 1 heterocycles. The van der Waals surface area contributed by atoms with Crippen molar-refractivity contribution in [3.05, 3.63) is 29.8 Å². The molecule has 1 aliphatic heterocycles. The molecule has 1 saturated heterocycles. The van der Waals surface area contributed by atoms with Crippen LogP contribution in [0.3, 0.4) is 0 Å². The largest absolute Gasteiger partial charge is 0.496 e. The molecular formula is C19H28N2O2. The predicted molar refractivity (Wildman–Crippen MR) is 91.6 cm³/mol. The SMILES string of the molecule is COc1ccccc1CCN(C)C(=O)[C@@]12CCCC[C@H]1CNC2. The average molecular weight is 316 g/mol. The van der Waals surface area contributed by atoms with Gasteiger partial charge in [0.05, 0.1) is 12.5 Å². The highest BCUT2D eigenvalue weighted by Crippen LogP contribution is 2.44. The molecule has 2 aliphatic rings. The minimum Gasteiger partial charge on any atom is -0.496 e. The van der Waals surface area contributed by atoms with E-state index in [1.54, 1.807) is 7.11 Å². The van der Waals surface area contributed by atoms with Crippen LogP contribution in [0.25, 0.3) is 0 Å². The van der Waals surface area contributed by atoms with E-state index in [0.717, 1.165) is 43.8 Å². The summed E-state index contributed by atoms with van der Waals surface area (Å²) in [5.74, 6) is 1.77. The van der Waals surface area contributed by atoms with Crippen molar-refractivity contribution in [1.82, 2.24) is 10.2 Å². The van der Waals surface area contributed by atoms with Gasteiger partial charge < -0.3 is 15.0 Å². The highest BCUT2D eigenvalue weighted by molar-refractivity contribution is 5.83. The van der Waals surface area contributed by atoms with E-state index >= 15 is 0 Å². The lowest BCUT2D eigenvalue weighted by Gasteiger charge is -2.39. The summed E-state index contributed by atoms with van der Waals surface area (Å²) in [4.78, 5) is 15.1. The van der Waals surface area contributed by atoms with Crippen LogP contribution in [0, 0.1) is 11.3 Å². The highest BCUT2D eigenvalue weighted by atomic mass is 16.5. The minimum atomic E-state index is -0.145. The van der Waals surface area contributed by atoms with Crippen LogP contribution in [0.2, 0.25) is 0 Å². The van der Waals surface area contributed by atoms with E-state index in [0.29, 0.717) is 11.8 Å². The van der Waals surface area contributed by atoms with E-state index in [9.17, 15) is 4.79 Å². The first kappa shape index (κ1) is 16.3. The van der Waals surface area contributed by atoms with Crippen LogP contribution in [0.15, 0.2) is 24.3 Å². The van der Waals surface area contributed by atoms with Gasteiger partial charge in [0, 0.05) is 20.1 Å². The smallest absolute Gasteiger partial charge is 0.230 e. The minimum absolute atomic E-state index is 0.145. The number of methoxy groups -OCH3 is 1. The van der Waals surface area contributed by atoms with E-state index in [4.69, 9.17) is 4.74 Å². The Bertz CT molecular complexity index is 560. The maximum absolute atomic E-state index is 13.1. The van der Waals surface area contributed by atoms with Gasteiger partial charge in [0.2, 0.25) is 5.91 Å². The van der Waals surface area contributed by atoms with E-state index < -0.39 is 0 Å². The second-order valence-corrected chi connectivity index (χ2v) is 7.02. The fourth-order valence-electron chi connectivity index (χ4n) is 4.35. The average Bonchev–Trinajstić information content (AvgIpc) is 3.04. The Morgan fingerprint density at radius 1 is 1.39 bits per heavy atom. The Kier molecular flexibility index (Phi) is 4.90. The van der Waals surface area contributed by atoms with Crippen LogP contribution in [-0.4, -0.2) is 44.6 Å². The molecule has 0 unspecified atom stereocenters. The van der Waals surface area contributed by atoms with Crippen LogP contribution in [0.1, 0.15) is 31.2 Å². The lowest BCUT2D eigenvalue weighted by atomic mass is 9.67. The first-order valence-corrected chi connectivity index (χ1v) is 8.75. The van der Waals surface area contributed by atoms with E-state index in [1.165, 1.54) is 19.3 Å². The number of para-hydroxylation sites is 1. The molecule has 23 heavy (non-hydrogen) atoms. The molecule has 3 rings (SSSR count). The molecule has 0 bridgehead atoms. The van der Waals surface area contributed by atoms with Crippen LogP contribution in [0.5, 0.6) is 5.75 Å². The Morgan fingerprint density at radius 3 is 3.04 bits per heavy atom. The molecule has 4 nitrogen and oxygen atoms in total. The molecule has 126 valence electrons. The normalized spacial score (nSPS) is 26.6. The summed E-state index contributed by atoms with van der Waals surface area (Å²) in [6.07, 6.45) is 5.53. The second-order valence-electron chi connectivity index (χ2n) is 7.02. The van der Waals surface area contributed by atoms with Gasteiger partial charge in [-0.05, 0) is 43.4 Å². The van der Waals surface area contributed by atoms with Crippen LogP contribution in [0.4, 0.5) is 0 Å². The number of ether oxygens (including phenoxy) is 1. The molecule has 1 aromatic carbocycles. The standard InChI is InChI=1S/C19H28N2O2/c1-21(12-10-15-7-3-4-9-17(15)23-2)18(22)19-11-6-5-8-16(19)13-20-14-19/h3-4,7,9,16,20H,5-6,8,10-14H2,1-2H3/t16-,19+/m0/s1. The van der Waals surface area contributed by atoms with Crippen molar-refractivity contribution >= 4 is 5.91 Å². The zero-order valence-corrected chi connectivity index (χ0v) is 14.3. The summed E-state index contributed by atoms with van der Waals surface area (Å²) in [5.41, 5.74) is 1.02. The summed E-state index contributed by atoms with van der Waals surface area (Å²) in [6.45, 7) is 2.61. The van der Waals surface area contributed by atoms with Gasteiger partial charge >= 0.3 is 0 Å². The van der Waals surface area contributed by atoms with Gasteiger partial charge in [-0.1, -0.05) is 31.0 Å². The zero-order valence-electron chi connectivity index (χ0n) is 14.3. The molecule has 0 aromatic heterocycles. The fourth-order valence-corrected chi connectivity index (χ4v) is 4.35. The topological polar surface area (TPSA) is 41.6 Å². The number of likely N-dealkylation sites (N-methyl/N-ethyl adjacent to an activating group) is 1. The lowest BCUT2D eigenvalue weighted by molar-refractivity contribution is -0.143. The van der Waals surface area contributed by atoms with Gasteiger partial charge in [0.25, 0.3) is 0 Å². The summed E-state index contributed by atoms with van der Waals surface area (Å²) >= 11 is 0. The molecule has 1 saturated carbocycles. The van der Waals surface area contributed by atoms with Gasteiger partial charge in [0.1, 0.15) is 5.75 Å². The van der Waals surface area contributed by atoms with E-state index in [2.05, 4.69) is 11.4 Å². The molecule has 1 amide bonds. The number of fused-ring (bicyclic) bond motifs is 1. The first-order chi connectivity index (χ1) is 11.2. The number of carbonyl (C=O) groups is 1. The molecule has 2 fully saturated rings. The van der Waals surface area contributed by atoms with Crippen LogP contribution >= 0.6 is 0 Å². The molecule has 0 spiro atoms. The van der Waals surface area contributed by atoms with Crippen molar-refractivity contribution < 1.29 is 9.53 Å². The van der Waals surface area contributed by atoms with Gasteiger partial charge in [-0.3, -0.25) is 4.79 Å². The van der Waals surface area contributed by atoms with Crippen molar-refractivity contribution in [2.45, 2.75) is 32.1 Å². The number of benzene rings is 1. The van der Waals surface area contributed by atoms with Crippen molar-refractivity contribution in [3.63, 3.8) is 0 Å². The Hall–Kier alpha value is -1.55. The van der Waals surface area contributed by atoms with E-state index in [1.807, 2.05) is 30.1 Å². The molecule has 2 atom stereocenters. The number of amides is 1. The van der Waals surface area contributed by atoms with E-state index in [-0.39, 0.29) is 5.41 Å². The Balaban J connectivity index is 1.66. The summed E-state index contributed by atoms with van der Waals surface area (Å²) in [7, 11) is 3.65. The van der Waals surface area contributed by atoms with Gasteiger partial charge in [-0.15, -0.1) is 0 Å². The molecule has 1 N–H and O–H groups in total. The lowest BCUT2D eigenvalue weighted by Crippen LogP contribution is -2.48. The predicted octanol–water partition coefficient (Wildman–Crippen LogP) is 2.48. The number of carbonyl (C=O) groups excluding carboxylic acids is 1. The molecule has 4 heteroatoms. The summed E-state index contributed by atoms with van der Waals surface area (Å²) < 4.78 is 5.41. The molecule has 0 radical (unpaired) electrons. The monoisotopic (exact) mass is 316 g/mol. The third-order valence-electron chi connectivity index (χ3n) is 5.72. The molecular weight excluding hydrogens is 288 g/mol. The number of nitrogens with one attached hydrogen (secondary N) is 1. The third-order valence-corrected chi connectivity index (χ3v) is 5.72. The third kappa shape index (κ3) is 3.09. The Labute approximate surface area is 139 Å². The number of hydrogen-bond acceptors (Lipinski definition) is 3. The summed E-state index contributed by atoms with van der Waals surface area (Å²) in [6, 6.07) is 8.06. The zero-order chi connectivity index (χ0) is 16.3. The van der Waals surface area contributed by atoms with Gasteiger partial charge in [0.15, 0.2) is 0 Å². The van der Waals surface area contributed by atoms with Gasteiger partial charge in [-0.2, -0.15) is 0 Å².